The van der Waals surface area contributed by atoms with Gasteiger partial charge in [0.1, 0.15) is 0 Å². The minimum Gasteiger partial charge on any atom is -0.478 e. The summed E-state index contributed by atoms with van der Waals surface area (Å²) in [6, 6.07) is 13.5. The van der Waals surface area contributed by atoms with E-state index in [0.29, 0.717) is 23.7 Å². The lowest BCUT2D eigenvalue weighted by molar-refractivity contribution is -0.118. The Balaban J connectivity index is 2.10. The molecular weight excluding hydrogens is 437 g/mol. The lowest BCUT2D eigenvalue weighted by Crippen LogP contribution is -2.33. The number of carboxylic acid groups (broad SMARTS) is 1. The number of allylic oxidation sites excluding steroid dienone is 2. The fourth-order valence-corrected chi connectivity index (χ4v) is 3.19. The Morgan fingerprint density at radius 3 is 2.32 bits per heavy atom. The summed E-state index contributed by atoms with van der Waals surface area (Å²) in [4.78, 5) is 25.9. The van der Waals surface area contributed by atoms with Gasteiger partial charge in [-0.2, -0.15) is 0 Å². The minimum atomic E-state index is -1.000. The van der Waals surface area contributed by atoms with Gasteiger partial charge in [0.25, 0.3) is 0 Å². The molecule has 6 nitrogen and oxygen atoms in total. The summed E-state index contributed by atoms with van der Waals surface area (Å²) in [5, 5.41) is 12.9. The van der Waals surface area contributed by atoms with E-state index in [0.717, 1.165) is 11.1 Å². The maximum Gasteiger partial charge on any atom is 0.335 e. The monoisotopic (exact) mass is 461 g/mol. The number of benzene rings is 2. The second-order valence-electron chi connectivity index (χ2n) is 7.14. The van der Waals surface area contributed by atoms with Gasteiger partial charge in [0.15, 0.2) is 0 Å². The molecule has 0 radical (unpaired) electrons. The largest absolute Gasteiger partial charge is 0.478 e. The Morgan fingerprint density at radius 2 is 1.77 bits per heavy atom. The molecule has 0 bridgehead atoms. The van der Waals surface area contributed by atoms with Crippen molar-refractivity contribution in [1.29, 1.82) is 0 Å². The van der Waals surface area contributed by atoms with Crippen LogP contribution in [0.3, 0.4) is 0 Å². The zero-order valence-electron chi connectivity index (χ0n) is 17.3. The predicted molar refractivity (Wildman–Crippen MR) is 124 cm³/mol. The summed E-state index contributed by atoms with van der Waals surface area (Å²) in [6.45, 7) is 2.77. The lowest BCUT2D eigenvalue weighted by atomic mass is 10.1. The SMILES string of the molecule is CC(NC(=O)/C(=C/C(Cl)=C\N)CN(C)Cc1ccc(Cl)cc1)c1ccc(C(=O)O)cc1. The highest BCUT2D eigenvalue weighted by molar-refractivity contribution is 6.31. The first-order valence-electron chi connectivity index (χ1n) is 9.54. The molecule has 1 unspecified atom stereocenters. The maximum atomic E-state index is 12.9. The fourth-order valence-electron chi connectivity index (χ4n) is 2.93. The van der Waals surface area contributed by atoms with Crippen LogP contribution in [0.4, 0.5) is 0 Å². The van der Waals surface area contributed by atoms with Crippen molar-refractivity contribution >= 4 is 35.1 Å². The first-order chi connectivity index (χ1) is 14.7. The Morgan fingerprint density at radius 1 is 1.16 bits per heavy atom. The van der Waals surface area contributed by atoms with Crippen molar-refractivity contribution in [3.05, 3.63) is 93.1 Å². The zero-order valence-corrected chi connectivity index (χ0v) is 18.8. The number of carbonyl (C=O) groups excluding carboxylic acids is 1. The van der Waals surface area contributed by atoms with Crippen molar-refractivity contribution in [2.75, 3.05) is 13.6 Å². The molecular formula is C23H25Cl2N3O3. The Kier molecular flexibility index (Phi) is 9.12. The molecule has 0 aromatic heterocycles. The topological polar surface area (TPSA) is 95.7 Å². The summed E-state index contributed by atoms with van der Waals surface area (Å²) in [6.07, 6.45) is 2.76. The second kappa shape index (κ2) is 11.6. The van der Waals surface area contributed by atoms with Crippen molar-refractivity contribution in [2.24, 2.45) is 5.73 Å². The van der Waals surface area contributed by atoms with Gasteiger partial charge in [-0.1, -0.05) is 47.5 Å². The lowest BCUT2D eigenvalue weighted by Gasteiger charge is -2.21. The van der Waals surface area contributed by atoms with Gasteiger partial charge in [-0.05, 0) is 55.4 Å². The third kappa shape index (κ3) is 7.75. The number of carboxylic acids is 1. The van der Waals surface area contributed by atoms with Crippen LogP contribution in [0, 0.1) is 0 Å². The molecule has 0 spiro atoms. The van der Waals surface area contributed by atoms with Crippen LogP contribution >= 0.6 is 23.2 Å². The zero-order chi connectivity index (χ0) is 23.0. The molecule has 1 amide bonds. The van der Waals surface area contributed by atoms with Gasteiger partial charge < -0.3 is 16.2 Å². The molecule has 0 aliphatic rings. The van der Waals surface area contributed by atoms with Crippen LogP contribution in [-0.2, 0) is 11.3 Å². The third-order valence-electron chi connectivity index (χ3n) is 4.57. The van der Waals surface area contributed by atoms with E-state index in [2.05, 4.69) is 5.32 Å². The van der Waals surface area contributed by atoms with Crippen molar-refractivity contribution < 1.29 is 14.7 Å². The van der Waals surface area contributed by atoms with Crippen molar-refractivity contribution in [1.82, 2.24) is 10.2 Å². The number of amides is 1. The maximum absolute atomic E-state index is 12.9. The molecule has 0 aliphatic heterocycles. The molecule has 2 aromatic rings. The quantitative estimate of drug-likeness (QED) is 0.381. The van der Waals surface area contributed by atoms with Crippen LogP contribution in [0.5, 0.6) is 0 Å². The molecule has 0 heterocycles. The normalized spacial score (nSPS) is 13.2. The molecule has 8 heteroatoms. The number of carbonyl (C=O) groups is 2. The van der Waals surface area contributed by atoms with Crippen LogP contribution < -0.4 is 11.1 Å². The van der Waals surface area contributed by atoms with Crippen molar-refractivity contribution in [3.8, 4) is 0 Å². The Bertz CT molecular complexity index is 971. The van der Waals surface area contributed by atoms with Gasteiger partial charge in [0, 0.05) is 29.9 Å². The van der Waals surface area contributed by atoms with Crippen LogP contribution in [0.1, 0.15) is 34.5 Å². The first kappa shape index (κ1) is 24.5. The van der Waals surface area contributed by atoms with E-state index < -0.39 is 5.97 Å². The number of nitrogens with one attached hydrogen (secondary N) is 1. The number of aromatic carboxylic acids is 1. The number of rotatable bonds is 9. The number of halogens is 2. The molecule has 0 fully saturated rings. The predicted octanol–water partition coefficient (Wildman–Crippen LogP) is 4.31. The summed E-state index contributed by atoms with van der Waals surface area (Å²) < 4.78 is 0. The second-order valence-corrected chi connectivity index (χ2v) is 8.02. The van der Waals surface area contributed by atoms with E-state index in [1.165, 1.54) is 24.4 Å². The van der Waals surface area contributed by atoms with Gasteiger partial charge in [0.2, 0.25) is 5.91 Å². The molecule has 0 saturated carbocycles. The third-order valence-corrected chi connectivity index (χ3v) is 5.06. The summed E-state index contributed by atoms with van der Waals surface area (Å²) in [7, 11) is 1.89. The summed E-state index contributed by atoms with van der Waals surface area (Å²) in [5.74, 6) is -1.29. The molecule has 2 aromatic carbocycles. The first-order valence-corrected chi connectivity index (χ1v) is 10.3. The molecule has 4 N–H and O–H groups in total. The van der Waals surface area contributed by atoms with Crippen molar-refractivity contribution in [2.45, 2.75) is 19.5 Å². The highest BCUT2D eigenvalue weighted by Crippen LogP contribution is 2.17. The van der Waals surface area contributed by atoms with Gasteiger partial charge in [-0.15, -0.1) is 0 Å². The fraction of sp³-hybridized carbons (Fsp3) is 0.217. The van der Waals surface area contributed by atoms with Gasteiger partial charge in [-0.3, -0.25) is 9.69 Å². The van der Waals surface area contributed by atoms with E-state index in [9.17, 15) is 9.59 Å². The number of nitrogens with zero attached hydrogens (tertiary/aromatic N) is 1. The molecule has 0 saturated heterocycles. The molecule has 1 atom stereocenters. The Labute approximate surface area is 191 Å². The molecule has 2 rings (SSSR count). The van der Waals surface area contributed by atoms with Gasteiger partial charge in [0.05, 0.1) is 16.6 Å². The van der Waals surface area contributed by atoms with Crippen LogP contribution in [0.25, 0.3) is 0 Å². The average Bonchev–Trinajstić information content (AvgIpc) is 2.74. The van der Waals surface area contributed by atoms with Gasteiger partial charge >= 0.3 is 5.97 Å². The number of nitrogens with two attached hydrogens (primary N) is 1. The van der Waals surface area contributed by atoms with Crippen LogP contribution in [0.15, 0.2) is 71.4 Å². The average molecular weight is 462 g/mol. The van der Waals surface area contributed by atoms with Gasteiger partial charge in [-0.25, -0.2) is 4.79 Å². The van der Waals surface area contributed by atoms with E-state index in [1.807, 2.05) is 43.1 Å². The number of hydrogen-bond donors (Lipinski definition) is 3. The highest BCUT2D eigenvalue weighted by atomic mass is 35.5. The molecule has 164 valence electrons. The number of likely N-dealkylation sites (N-methyl/N-ethyl adjacent to an activating group) is 1. The Hall–Kier alpha value is -2.80. The standard InChI is InChI=1S/C23H25Cl2N3O3/c1-15(17-5-7-18(8-6-17)23(30)31)27-22(29)19(11-21(25)12-26)14-28(2)13-16-3-9-20(24)10-4-16/h3-12,15H,13-14,26H2,1-2H3,(H,27,29)(H,30,31)/b19-11+,21-12+. The van der Waals surface area contributed by atoms with E-state index >= 15 is 0 Å². The highest BCUT2D eigenvalue weighted by Gasteiger charge is 2.17. The van der Waals surface area contributed by atoms with E-state index in [-0.39, 0.29) is 22.5 Å². The van der Waals surface area contributed by atoms with E-state index in [1.54, 1.807) is 12.1 Å². The molecule has 31 heavy (non-hydrogen) atoms. The molecule has 0 aliphatic carbocycles. The summed E-state index contributed by atoms with van der Waals surface area (Å²) in [5.41, 5.74) is 7.94. The van der Waals surface area contributed by atoms with E-state index in [4.69, 9.17) is 34.0 Å². The van der Waals surface area contributed by atoms with Crippen LogP contribution in [0.2, 0.25) is 5.02 Å². The minimum absolute atomic E-state index is 0.187. The van der Waals surface area contributed by atoms with Crippen molar-refractivity contribution in [3.63, 3.8) is 0 Å². The number of hydrogen-bond acceptors (Lipinski definition) is 4. The summed E-state index contributed by atoms with van der Waals surface area (Å²) >= 11 is 12.0. The van der Waals surface area contributed by atoms with Crippen LogP contribution in [-0.4, -0.2) is 35.5 Å². The smallest absolute Gasteiger partial charge is 0.335 e.